The highest BCUT2D eigenvalue weighted by molar-refractivity contribution is 5.29. The lowest BCUT2D eigenvalue weighted by atomic mass is 10.4. The van der Waals surface area contributed by atoms with Gasteiger partial charge in [0.05, 0.1) is 10.6 Å². The number of hydrogen-bond acceptors (Lipinski definition) is 4. The topological polar surface area (TPSA) is 91.2 Å². The average molecular weight is 171 g/mol. The molecule has 0 radical (unpaired) electrons. The zero-order chi connectivity index (χ0) is 9.30. The van der Waals surface area contributed by atoms with Crippen molar-refractivity contribution in [2.24, 2.45) is 0 Å². The van der Waals surface area contributed by atoms with Crippen molar-refractivity contribution in [3.63, 3.8) is 0 Å². The Hall–Kier alpha value is -1.92. The highest BCUT2D eigenvalue weighted by Crippen LogP contribution is 2.14. The van der Waals surface area contributed by atoms with E-state index in [9.17, 15) is 20.2 Å². The number of nitrogens with zero attached hydrogens (tertiary/aromatic N) is 3. The lowest BCUT2D eigenvalue weighted by molar-refractivity contribution is -0.543. The van der Waals surface area contributed by atoms with Crippen LogP contribution in [0, 0.1) is 27.2 Å². The first-order chi connectivity index (χ1) is 5.52. The molecular formula is C5H5N3O4. The Kier molecular flexibility index (Phi) is 1.78. The van der Waals surface area contributed by atoms with Crippen molar-refractivity contribution >= 4 is 5.69 Å². The van der Waals surface area contributed by atoms with Gasteiger partial charge in [0.15, 0.2) is 11.2 Å². The van der Waals surface area contributed by atoms with Crippen molar-refractivity contribution in [3.05, 3.63) is 38.2 Å². The molecule has 0 aliphatic heterocycles. The van der Waals surface area contributed by atoms with Crippen LogP contribution in [0.5, 0.6) is 0 Å². The molecule has 0 aliphatic carbocycles. The molecule has 0 saturated heterocycles. The molecular weight excluding hydrogens is 166 g/mol. The third-order valence-electron chi connectivity index (χ3n) is 1.36. The van der Waals surface area contributed by atoms with E-state index in [1.807, 2.05) is 0 Å². The van der Waals surface area contributed by atoms with Gasteiger partial charge in [-0.15, -0.1) is 0 Å². The molecule has 64 valence electrons. The molecule has 0 fully saturated rings. The zero-order valence-corrected chi connectivity index (χ0v) is 6.13. The molecule has 0 aliphatic rings. The van der Waals surface area contributed by atoms with Crippen LogP contribution in [0.1, 0.15) is 5.69 Å². The standard InChI is InChI=1S/C5H5N3O4/c1-4-2-5(7(9)10)3-6(4)8(11)12/h2-3H,1H3. The van der Waals surface area contributed by atoms with Crippen LogP contribution >= 0.6 is 0 Å². The molecule has 7 nitrogen and oxygen atoms in total. The molecule has 1 rings (SSSR count). The van der Waals surface area contributed by atoms with E-state index in [1.54, 1.807) is 0 Å². The summed E-state index contributed by atoms with van der Waals surface area (Å²) in [5, 5.41) is 19.6. The molecule has 12 heavy (non-hydrogen) atoms. The fourth-order valence-electron chi connectivity index (χ4n) is 0.820. The third kappa shape index (κ3) is 1.24. The molecule has 0 aromatic carbocycles. The van der Waals surface area contributed by atoms with Crippen molar-refractivity contribution in [2.45, 2.75) is 6.92 Å². The van der Waals surface area contributed by atoms with Crippen molar-refractivity contribution in [2.75, 3.05) is 0 Å². The summed E-state index contributed by atoms with van der Waals surface area (Å²) in [5.74, 6) is 0. The summed E-state index contributed by atoms with van der Waals surface area (Å²) in [6.45, 7) is 1.43. The monoisotopic (exact) mass is 171 g/mol. The molecule has 7 heteroatoms. The van der Waals surface area contributed by atoms with Crippen molar-refractivity contribution in [1.82, 2.24) is 4.68 Å². The Labute approximate surface area is 66.5 Å². The number of aromatic nitrogens is 1. The average Bonchev–Trinajstić information content (AvgIpc) is 2.30. The molecule has 0 spiro atoms. The summed E-state index contributed by atoms with van der Waals surface area (Å²) < 4.78 is 0.609. The van der Waals surface area contributed by atoms with E-state index >= 15 is 0 Å². The Balaban J connectivity index is 3.17. The quantitative estimate of drug-likeness (QED) is 0.484. The van der Waals surface area contributed by atoms with Gasteiger partial charge in [0.2, 0.25) is 0 Å². The van der Waals surface area contributed by atoms with Gasteiger partial charge >= 0.3 is 0 Å². The van der Waals surface area contributed by atoms with Gasteiger partial charge in [0.25, 0.3) is 5.69 Å². The normalized spacial score (nSPS) is 9.75. The first-order valence-electron chi connectivity index (χ1n) is 3.00. The van der Waals surface area contributed by atoms with Gasteiger partial charge in [-0.25, -0.2) is 10.1 Å². The molecule has 0 saturated carbocycles. The van der Waals surface area contributed by atoms with E-state index in [0.717, 1.165) is 12.3 Å². The van der Waals surface area contributed by atoms with E-state index in [0.29, 0.717) is 4.68 Å². The van der Waals surface area contributed by atoms with Crippen molar-refractivity contribution in [1.29, 1.82) is 0 Å². The lowest BCUT2D eigenvalue weighted by Gasteiger charge is -1.88. The largest absolute Gasteiger partial charge is 0.293 e. The van der Waals surface area contributed by atoms with Gasteiger partial charge < -0.3 is 0 Å². The summed E-state index contributed by atoms with van der Waals surface area (Å²) >= 11 is 0. The maximum Gasteiger partial charge on any atom is 0.293 e. The van der Waals surface area contributed by atoms with Crippen LogP contribution in [0.2, 0.25) is 0 Å². The van der Waals surface area contributed by atoms with E-state index in [2.05, 4.69) is 0 Å². The van der Waals surface area contributed by atoms with Crippen LogP contribution in [0.4, 0.5) is 5.69 Å². The predicted octanol–water partition coefficient (Wildman–Crippen LogP) is 0.745. The second-order valence-electron chi connectivity index (χ2n) is 2.18. The third-order valence-corrected chi connectivity index (χ3v) is 1.36. The molecule has 0 unspecified atom stereocenters. The summed E-state index contributed by atoms with van der Waals surface area (Å²) in [6.07, 6.45) is 0.870. The number of hydrogen-bond donors (Lipinski definition) is 0. The molecule has 0 atom stereocenters. The maximum absolute atomic E-state index is 10.2. The smallest absolute Gasteiger partial charge is 0.258 e. The Morgan fingerprint density at radius 1 is 1.42 bits per heavy atom. The predicted molar refractivity (Wildman–Crippen MR) is 38.2 cm³/mol. The molecule has 1 heterocycles. The van der Waals surface area contributed by atoms with Crippen LogP contribution in [0.25, 0.3) is 0 Å². The first-order valence-corrected chi connectivity index (χ1v) is 3.00. The summed E-state index contributed by atoms with van der Waals surface area (Å²) in [5.41, 5.74) is -0.0455. The summed E-state index contributed by atoms with van der Waals surface area (Å²) in [6, 6.07) is 1.14. The highest BCUT2D eigenvalue weighted by atomic mass is 16.7. The Morgan fingerprint density at radius 3 is 2.25 bits per heavy atom. The van der Waals surface area contributed by atoms with Crippen LogP contribution in [0.3, 0.4) is 0 Å². The van der Waals surface area contributed by atoms with Crippen LogP contribution in [-0.2, 0) is 0 Å². The number of rotatable bonds is 2. The summed E-state index contributed by atoms with van der Waals surface area (Å²) in [7, 11) is 0. The minimum absolute atomic E-state index is 0.228. The second kappa shape index (κ2) is 2.61. The molecule has 0 amide bonds. The highest BCUT2D eigenvalue weighted by Gasteiger charge is 2.16. The van der Waals surface area contributed by atoms with Crippen molar-refractivity contribution in [3.8, 4) is 0 Å². The van der Waals surface area contributed by atoms with E-state index in [4.69, 9.17) is 0 Å². The van der Waals surface area contributed by atoms with Crippen LogP contribution in [-0.4, -0.2) is 14.6 Å². The van der Waals surface area contributed by atoms with Gasteiger partial charge in [-0.3, -0.25) is 10.1 Å². The van der Waals surface area contributed by atoms with E-state index < -0.39 is 9.96 Å². The summed E-state index contributed by atoms with van der Waals surface area (Å²) in [4.78, 5) is 19.7. The number of nitro groups is 2. The Bertz CT molecular complexity index is 342. The zero-order valence-electron chi connectivity index (χ0n) is 6.13. The first kappa shape index (κ1) is 8.18. The Morgan fingerprint density at radius 2 is 2.00 bits per heavy atom. The second-order valence-corrected chi connectivity index (χ2v) is 2.18. The maximum atomic E-state index is 10.2. The molecule has 0 N–H and O–H groups in total. The lowest BCUT2D eigenvalue weighted by Crippen LogP contribution is -2.07. The van der Waals surface area contributed by atoms with Gasteiger partial charge in [0, 0.05) is 6.07 Å². The fraction of sp³-hybridized carbons (Fsp3) is 0.200. The fourth-order valence-corrected chi connectivity index (χ4v) is 0.820. The van der Waals surface area contributed by atoms with E-state index in [1.165, 1.54) is 6.92 Å². The van der Waals surface area contributed by atoms with Gasteiger partial charge in [0.1, 0.15) is 0 Å². The van der Waals surface area contributed by atoms with E-state index in [-0.39, 0.29) is 11.4 Å². The molecule has 1 aromatic heterocycles. The minimum atomic E-state index is -0.720. The molecule has 1 aromatic rings. The molecule has 0 bridgehead atoms. The minimum Gasteiger partial charge on any atom is -0.258 e. The van der Waals surface area contributed by atoms with Crippen LogP contribution < -0.4 is 0 Å². The van der Waals surface area contributed by atoms with Gasteiger partial charge in [-0.05, 0) is 6.92 Å². The van der Waals surface area contributed by atoms with Gasteiger partial charge in [-0.2, -0.15) is 0 Å². The van der Waals surface area contributed by atoms with Crippen molar-refractivity contribution < 1.29 is 9.96 Å². The van der Waals surface area contributed by atoms with Crippen LogP contribution in [0.15, 0.2) is 12.3 Å². The number of aryl methyl sites for hydroxylation is 1. The SMILES string of the molecule is Cc1cc([N+](=O)[O-])cn1[N+](=O)[O-]. The van der Waals surface area contributed by atoms with Gasteiger partial charge in [-0.1, -0.05) is 4.68 Å².